The van der Waals surface area contributed by atoms with Crippen LogP contribution >= 0.6 is 0 Å². The molecule has 0 fully saturated rings. The summed E-state index contributed by atoms with van der Waals surface area (Å²) in [7, 11) is 0. The maximum Gasteiger partial charge on any atom is 0.293 e. The van der Waals surface area contributed by atoms with Crippen molar-refractivity contribution in [1.29, 1.82) is 1.43 Å². The van der Waals surface area contributed by atoms with Crippen LogP contribution in [0.25, 0.3) is 0 Å². The maximum absolute atomic E-state index is 9.54. The molecule has 2 aliphatic rings. The van der Waals surface area contributed by atoms with Crippen molar-refractivity contribution in [2.75, 3.05) is 0 Å². The average molecular weight is 358 g/mol. The van der Waals surface area contributed by atoms with Gasteiger partial charge in [0.15, 0.2) is 0 Å². The quantitative estimate of drug-likeness (QED) is 0.621. The van der Waals surface area contributed by atoms with Crippen molar-refractivity contribution in [3.8, 4) is 11.5 Å². The summed E-state index contributed by atoms with van der Waals surface area (Å²) in [4.78, 5) is 0. The molecule has 24 heavy (non-hydrogen) atoms. The van der Waals surface area contributed by atoms with Crippen LogP contribution in [0.2, 0.25) is 0 Å². The molecule has 2 nitrogen and oxygen atoms in total. The van der Waals surface area contributed by atoms with Crippen molar-refractivity contribution in [2.45, 2.75) is 83.6 Å². The van der Waals surface area contributed by atoms with Gasteiger partial charge in [0.1, 0.15) is 17.1 Å². The van der Waals surface area contributed by atoms with Gasteiger partial charge in [-0.15, -0.1) is 0 Å². The van der Waals surface area contributed by atoms with E-state index >= 15 is 0 Å². The van der Waals surface area contributed by atoms with E-state index in [9.17, 15) is 2.74 Å². The van der Waals surface area contributed by atoms with E-state index < -0.39 is 129 Å². The number of benzene rings is 1. The molecule has 0 saturated heterocycles. The van der Waals surface area contributed by atoms with Gasteiger partial charge in [-0.25, -0.2) is 0 Å². The number of phenolic OH excluding ortho intramolecular Hbond substituents is 1. The summed E-state index contributed by atoms with van der Waals surface area (Å²) in [5.41, 5.74) is -10.1. The van der Waals surface area contributed by atoms with Gasteiger partial charge in [0.05, 0.1) is 4.11 Å². The van der Waals surface area contributed by atoms with E-state index in [4.69, 9.17) is 41.8 Å². The Balaban J connectivity index is 2.86. The Morgan fingerprint density at radius 1 is 1.50 bits per heavy atom. The van der Waals surface area contributed by atoms with Crippen LogP contribution in [0, 0.1) is 5.89 Å². The van der Waals surface area contributed by atoms with Crippen LogP contribution in [0.4, 0.5) is 0 Å². The van der Waals surface area contributed by atoms with Gasteiger partial charge in [0.25, 0.3) is 1.43 Å². The third kappa shape index (κ3) is 3.34. The summed E-state index contributed by atoms with van der Waals surface area (Å²) in [6.07, 6.45) is -28.9. The molecule has 1 aromatic carbocycles. The number of hydrogen-bond acceptors (Lipinski definition) is 2. The van der Waals surface area contributed by atoms with Gasteiger partial charge in [-0.2, -0.15) is 0 Å². The molecule has 1 aliphatic heterocycles. The van der Waals surface area contributed by atoms with Gasteiger partial charge in [0, 0.05) is 51.6 Å². The molecule has 0 amide bonds. The second kappa shape index (κ2) is 6.82. The van der Waals surface area contributed by atoms with E-state index in [1.54, 1.807) is 0 Å². The summed E-state index contributed by atoms with van der Waals surface area (Å²) in [6.45, 7) is -12.4. The topological polar surface area (TPSA) is 29.5 Å². The van der Waals surface area contributed by atoms with E-state index in [1.807, 2.05) is 0 Å². The minimum Gasteiger partial charge on any atom is -0.507 e. The zero-order chi connectivity index (χ0) is 42.5. The van der Waals surface area contributed by atoms with Gasteiger partial charge in [-0.1, -0.05) is 37.7 Å². The lowest BCUT2D eigenvalue weighted by molar-refractivity contribution is 0.0107. The summed E-state index contributed by atoms with van der Waals surface area (Å²) in [5, 5.41) is 4.38. The lowest BCUT2D eigenvalue weighted by atomic mass is 9.68. The third-order valence-corrected chi connectivity index (χ3v) is 3.04. The highest BCUT2D eigenvalue weighted by Crippen LogP contribution is 2.53. The fraction of sp³-hybridized carbons (Fsp3) is 0.636. The molecule has 0 spiro atoms. The monoisotopic (exact) mass is 357 g/mol. The van der Waals surface area contributed by atoms with Crippen LogP contribution in [0.1, 0.15) is 121 Å². The van der Waals surface area contributed by atoms with Crippen LogP contribution in [-0.2, 0) is 6.37 Å². The second-order valence-corrected chi connectivity index (χ2v) is 4.69. The lowest BCUT2D eigenvalue weighted by Crippen LogP contribution is -2.45. The second-order valence-electron chi connectivity index (χ2n) is 4.69. The van der Waals surface area contributed by atoms with Gasteiger partial charge < -0.3 is 9.85 Å². The highest BCUT2D eigenvalue weighted by molar-refractivity contribution is 5.53. The first-order valence-corrected chi connectivity index (χ1v) is 6.61. The highest BCUT2D eigenvalue weighted by Gasteiger charge is 2.45. The van der Waals surface area contributed by atoms with Crippen molar-refractivity contribution in [1.82, 2.24) is 0 Å². The Morgan fingerprint density at radius 3 is 3.17 bits per heavy atom. The number of rotatable bonds is 6. The van der Waals surface area contributed by atoms with E-state index in [0.29, 0.717) is 6.92 Å². The van der Waals surface area contributed by atoms with Crippen molar-refractivity contribution >= 4 is 0 Å². The Morgan fingerprint density at radius 2 is 2.42 bits per heavy atom. The molecule has 1 N–H and O–H groups in total. The molecular formula is C22H32O2. The van der Waals surface area contributed by atoms with E-state index in [0.717, 1.165) is 0 Å². The molecule has 0 radical (unpaired) electrons. The zero-order valence-corrected chi connectivity index (χ0v) is 12.3. The van der Waals surface area contributed by atoms with Crippen LogP contribution in [0.5, 0.6) is 11.5 Å². The molecule has 0 aromatic heterocycles. The number of aromatic hydroxyl groups is 1. The van der Waals surface area contributed by atoms with E-state index in [1.165, 1.54) is 0 Å². The number of ether oxygens (including phenoxy) is 1. The summed E-state index contributed by atoms with van der Waals surface area (Å²) in [5.74, 6) is -12.5. The summed E-state index contributed by atoms with van der Waals surface area (Å²) >= 11 is 0. The van der Waals surface area contributed by atoms with Crippen LogP contribution < -0.4 is 4.74 Å². The SMILES string of the molecule is [2H]Oc1c([2H])c(C([2H])([2H])C([2H])([2H])C([2H])([2H])C([2H])([2H])C([2H])([2H])C)c([2H])c2c1[C@]1([2H])C([2H])=C(C([2H])([2H])[2H])C([2H])([2H])C([2H])([2H])[C@@]1([2H])C(C([2H])([2H])[2H])(C([2H])([2H])[2H])O2. The Kier molecular flexibility index (Phi) is 1.04. The third-order valence-electron chi connectivity index (χ3n) is 3.04. The lowest BCUT2D eigenvalue weighted by Gasteiger charge is -2.46. The molecular weight excluding hydrogens is 296 g/mol. The minimum absolute atomic E-state index is 0.482. The number of hydrogen-bond donors (Lipinski definition) is 1. The van der Waals surface area contributed by atoms with Crippen molar-refractivity contribution in [2.24, 2.45) is 5.89 Å². The van der Waals surface area contributed by atoms with Gasteiger partial charge in [-0.05, 0) is 63.7 Å². The standard InChI is InChI=1S/C22H32O2/c1-5-6-7-8-9-16-13-19(23)21-17-12-15(2)10-11-18(17)22(3,4)24-20(21)14-16/h12-14,17-18,23H,5-11H2,1-4H3/t17-,18-/m1/s1/i2D3,3D3,4D3,5D2,6D2,7D2,8D2,9D2,10D2,11D2,12D,13D,14D,17D,18D/hD. The Bertz CT molecular complexity index is 1690. The molecule has 0 unspecified atom stereocenters. The molecule has 2 atom stereocenters. The molecule has 1 aromatic rings. The van der Waals surface area contributed by atoms with Gasteiger partial charge in [-0.3, -0.25) is 0 Å². The first kappa shape index (κ1) is 3.66. The predicted octanol–water partition coefficient (Wildman–Crippen LogP) is 6.13. The number of fused-ring (bicyclic) bond motifs is 3. The molecule has 3 rings (SSSR count). The largest absolute Gasteiger partial charge is 0.507 e. The summed E-state index contributed by atoms with van der Waals surface area (Å²) < 4.78 is 249. The van der Waals surface area contributed by atoms with Crippen molar-refractivity contribution in [3.05, 3.63) is 34.8 Å². The fourth-order valence-corrected chi connectivity index (χ4v) is 2.10. The van der Waals surface area contributed by atoms with Gasteiger partial charge >= 0.3 is 0 Å². The highest BCUT2D eigenvalue weighted by atomic mass is 16.5. The number of allylic oxidation sites excluding steroid dienone is 2. The summed E-state index contributed by atoms with van der Waals surface area (Å²) in [6, 6.07) is -5.72. The fourth-order valence-electron chi connectivity index (χ4n) is 2.10. The minimum atomic E-state index is -4.67. The van der Waals surface area contributed by atoms with Crippen LogP contribution in [0.15, 0.2) is 23.7 Å². The molecule has 0 saturated carbocycles. The Hall–Kier alpha value is -1.44. The first-order chi connectivity index (χ1) is 22.9. The van der Waals surface area contributed by atoms with E-state index in [2.05, 4.69) is 5.11 Å². The van der Waals surface area contributed by atoms with Crippen LogP contribution in [-0.4, -0.2) is 12.1 Å². The molecule has 0 bridgehead atoms. The average Bonchev–Trinajstić information content (AvgIpc) is 2.91. The Labute approximate surface area is 187 Å². The predicted molar refractivity (Wildman–Crippen MR) is 99.9 cm³/mol. The molecule has 132 valence electrons. The van der Waals surface area contributed by atoms with Crippen LogP contribution in [0.3, 0.4) is 0 Å². The molecule has 2 heteroatoms. The molecule has 1 heterocycles. The van der Waals surface area contributed by atoms with Crippen molar-refractivity contribution in [3.63, 3.8) is 0 Å². The smallest absolute Gasteiger partial charge is 0.293 e. The zero-order valence-electron chi connectivity index (χ0n) is 41.3. The normalized spacial score (nSPS) is 57.5. The maximum atomic E-state index is 9.54. The first-order valence-electron chi connectivity index (χ1n) is 21.0. The molecule has 1 aliphatic carbocycles. The van der Waals surface area contributed by atoms with Crippen molar-refractivity contribution < 1.29 is 48.2 Å². The van der Waals surface area contributed by atoms with E-state index in [-0.39, 0.29) is 0 Å². The van der Waals surface area contributed by atoms with Gasteiger partial charge in [0.2, 0.25) is 0 Å². The number of phenols is 1.